The van der Waals surface area contributed by atoms with Crippen molar-refractivity contribution in [2.24, 2.45) is 0 Å². The van der Waals surface area contributed by atoms with Crippen LogP contribution in [0.3, 0.4) is 0 Å². The van der Waals surface area contributed by atoms with Gasteiger partial charge in [0.25, 0.3) is 0 Å². The maximum atomic E-state index is 13.3. The normalized spacial score (nSPS) is 17.5. The van der Waals surface area contributed by atoms with E-state index in [0.717, 1.165) is 11.6 Å². The number of benzene rings is 2. The maximum absolute atomic E-state index is 13.3. The molecule has 0 amide bonds. The molecule has 1 fully saturated rings. The molecule has 1 heterocycles. The van der Waals surface area contributed by atoms with Gasteiger partial charge >= 0.3 is 0 Å². The molecule has 152 valence electrons. The molecule has 0 aromatic heterocycles. The average molecular weight is 408 g/mol. The van der Waals surface area contributed by atoms with Crippen molar-refractivity contribution in [3.05, 3.63) is 66.0 Å². The third kappa shape index (κ3) is 5.59. The van der Waals surface area contributed by atoms with Crippen LogP contribution in [0.1, 0.15) is 5.56 Å². The summed E-state index contributed by atoms with van der Waals surface area (Å²) in [5.41, 5.74) is 1.05. The van der Waals surface area contributed by atoms with Crippen molar-refractivity contribution in [1.82, 2.24) is 9.21 Å². The van der Waals surface area contributed by atoms with E-state index in [1.807, 2.05) is 35.2 Å². The van der Waals surface area contributed by atoms with Crippen molar-refractivity contribution in [2.45, 2.75) is 17.6 Å². The minimum absolute atomic E-state index is 0.0321. The highest BCUT2D eigenvalue weighted by atomic mass is 32.2. The molecule has 1 saturated heterocycles. The van der Waals surface area contributed by atoms with Crippen LogP contribution in [-0.4, -0.2) is 68.2 Å². The molecule has 3 rings (SSSR count). The van der Waals surface area contributed by atoms with Crippen LogP contribution in [0.15, 0.2) is 59.5 Å². The van der Waals surface area contributed by atoms with Gasteiger partial charge in [0.05, 0.1) is 24.2 Å². The molecule has 1 aliphatic rings. The average Bonchev–Trinajstić information content (AvgIpc) is 2.69. The first kappa shape index (κ1) is 20.9. The molecule has 0 spiro atoms. The zero-order chi connectivity index (χ0) is 20.0. The zero-order valence-corrected chi connectivity index (χ0v) is 16.4. The molecule has 1 aliphatic heterocycles. The Morgan fingerprint density at radius 1 is 1.04 bits per heavy atom. The van der Waals surface area contributed by atoms with Gasteiger partial charge < -0.3 is 9.84 Å². The van der Waals surface area contributed by atoms with Crippen molar-refractivity contribution in [1.29, 1.82) is 0 Å². The lowest BCUT2D eigenvalue weighted by atomic mass is 10.2. The van der Waals surface area contributed by atoms with Crippen LogP contribution < -0.4 is 0 Å². The summed E-state index contributed by atoms with van der Waals surface area (Å²) in [7, 11) is -3.70. The number of nitrogens with zero attached hydrogens (tertiary/aromatic N) is 2. The number of ether oxygens (including phenoxy) is 1. The zero-order valence-electron chi connectivity index (χ0n) is 15.6. The summed E-state index contributed by atoms with van der Waals surface area (Å²) in [6.45, 7) is 2.69. The second-order valence-corrected chi connectivity index (χ2v) is 8.75. The third-order valence-corrected chi connectivity index (χ3v) is 6.55. The Balaban J connectivity index is 1.43. The molecule has 28 heavy (non-hydrogen) atoms. The number of aliphatic hydroxyl groups excluding tert-OH is 1. The number of halogens is 1. The molecule has 1 N–H and O–H groups in total. The Kier molecular flexibility index (Phi) is 7.14. The maximum Gasteiger partial charge on any atom is 0.243 e. The van der Waals surface area contributed by atoms with Gasteiger partial charge in [-0.15, -0.1) is 0 Å². The lowest BCUT2D eigenvalue weighted by Gasteiger charge is -2.34. The minimum atomic E-state index is -3.70. The Hall–Kier alpha value is -1.84. The predicted octanol–water partition coefficient (Wildman–Crippen LogP) is 1.71. The number of aliphatic hydroxyl groups is 1. The van der Waals surface area contributed by atoms with Gasteiger partial charge in [0, 0.05) is 32.7 Å². The second kappa shape index (κ2) is 9.58. The minimum Gasteiger partial charge on any atom is -0.389 e. The second-order valence-electron chi connectivity index (χ2n) is 6.82. The molecule has 6 nitrogen and oxygen atoms in total. The van der Waals surface area contributed by atoms with E-state index in [2.05, 4.69) is 0 Å². The van der Waals surface area contributed by atoms with Gasteiger partial charge in [0.1, 0.15) is 5.82 Å². The predicted molar refractivity (Wildman–Crippen MR) is 104 cm³/mol. The topological polar surface area (TPSA) is 70.1 Å². The number of piperazine rings is 1. The van der Waals surface area contributed by atoms with Crippen molar-refractivity contribution in [3.63, 3.8) is 0 Å². The molecule has 2 aromatic rings. The number of β-amino-alcohol motifs (C(OH)–C–C–N with tert-alkyl or cyclic N) is 1. The summed E-state index contributed by atoms with van der Waals surface area (Å²) in [5, 5.41) is 10.2. The van der Waals surface area contributed by atoms with Crippen molar-refractivity contribution in [3.8, 4) is 0 Å². The Labute approximate surface area is 165 Å². The van der Waals surface area contributed by atoms with Gasteiger partial charge in [-0.25, -0.2) is 12.8 Å². The molecule has 0 saturated carbocycles. The summed E-state index contributed by atoms with van der Waals surface area (Å²) in [6.07, 6.45) is -0.643. The van der Waals surface area contributed by atoms with Gasteiger partial charge in [-0.2, -0.15) is 4.31 Å². The molecule has 0 aliphatic carbocycles. The van der Waals surface area contributed by atoms with E-state index in [0.29, 0.717) is 39.3 Å². The first-order valence-corrected chi connectivity index (χ1v) is 10.7. The summed E-state index contributed by atoms with van der Waals surface area (Å²) in [4.78, 5) is 1.98. The van der Waals surface area contributed by atoms with Gasteiger partial charge in [0.2, 0.25) is 10.0 Å². The van der Waals surface area contributed by atoms with Crippen LogP contribution in [0, 0.1) is 5.82 Å². The van der Waals surface area contributed by atoms with E-state index in [4.69, 9.17) is 4.74 Å². The highest BCUT2D eigenvalue weighted by molar-refractivity contribution is 7.89. The van der Waals surface area contributed by atoms with Crippen molar-refractivity contribution >= 4 is 10.0 Å². The van der Waals surface area contributed by atoms with Crippen LogP contribution >= 0.6 is 0 Å². The SMILES string of the molecule is O=S(=O)(c1cccc(F)c1)N1CCN(CC(O)COCc2ccccc2)CC1. The summed E-state index contributed by atoms with van der Waals surface area (Å²) in [5.74, 6) is -0.571. The van der Waals surface area contributed by atoms with Gasteiger partial charge in [-0.3, -0.25) is 4.90 Å². The van der Waals surface area contributed by atoms with Gasteiger partial charge in [-0.05, 0) is 23.8 Å². The van der Waals surface area contributed by atoms with E-state index < -0.39 is 21.9 Å². The van der Waals surface area contributed by atoms with Crippen LogP contribution in [-0.2, 0) is 21.4 Å². The van der Waals surface area contributed by atoms with Crippen molar-refractivity contribution in [2.75, 3.05) is 39.3 Å². The summed E-state index contributed by atoms with van der Waals surface area (Å²) >= 11 is 0. The fourth-order valence-electron chi connectivity index (χ4n) is 3.17. The number of sulfonamides is 1. The van der Waals surface area contributed by atoms with Gasteiger partial charge in [0.15, 0.2) is 0 Å². The standard InChI is InChI=1S/C20H25FN2O4S/c21-18-7-4-8-20(13-18)28(25,26)23-11-9-22(10-12-23)14-19(24)16-27-15-17-5-2-1-3-6-17/h1-8,13,19,24H,9-12,14-16H2. The quantitative estimate of drug-likeness (QED) is 0.720. The number of rotatable bonds is 8. The lowest BCUT2D eigenvalue weighted by Crippen LogP contribution is -2.50. The summed E-state index contributed by atoms with van der Waals surface area (Å²) < 4.78 is 45.5. The van der Waals surface area contributed by atoms with E-state index >= 15 is 0 Å². The highest BCUT2D eigenvalue weighted by Crippen LogP contribution is 2.18. The molecule has 0 bridgehead atoms. The largest absolute Gasteiger partial charge is 0.389 e. The van der Waals surface area contributed by atoms with E-state index in [9.17, 15) is 17.9 Å². The van der Waals surface area contributed by atoms with Crippen LogP contribution in [0.4, 0.5) is 4.39 Å². The molecule has 1 atom stereocenters. The molecular formula is C20H25FN2O4S. The molecule has 2 aromatic carbocycles. The first-order chi connectivity index (χ1) is 13.4. The Morgan fingerprint density at radius 2 is 1.75 bits per heavy atom. The smallest absolute Gasteiger partial charge is 0.243 e. The Morgan fingerprint density at radius 3 is 2.43 bits per heavy atom. The van der Waals surface area contributed by atoms with Gasteiger partial charge in [-0.1, -0.05) is 36.4 Å². The monoisotopic (exact) mass is 408 g/mol. The Bertz CT molecular complexity index is 856. The molecule has 0 radical (unpaired) electrons. The first-order valence-electron chi connectivity index (χ1n) is 9.23. The molecular weight excluding hydrogens is 383 g/mol. The van der Waals surface area contributed by atoms with E-state index in [1.165, 1.54) is 22.5 Å². The fourth-order valence-corrected chi connectivity index (χ4v) is 4.62. The van der Waals surface area contributed by atoms with Crippen LogP contribution in [0.5, 0.6) is 0 Å². The highest BCUT2D eigenvalue weighted by Gasteiger charge is 2.29. The van der Waals surface area contributed by atoms with Crippen molar-refractivity contribution < 1.29 is 22.7 Å². The lowest BCUT2D eigenvalue weighted by molar-refractivity contribution is 0.00539. The summed E-state index contributed by atoms with van der Waals surface area (Å²) in [6, 6.07) is 14.8. The molecule has 1 unspecified atom stereocenters. The fraction of sp³-hybridized carbons (Fsp3) is 0.400. The number of hydrogen-bond acceptors (Lipinski definition) is 5. The number of hydrogen-bond donors (Lipinski definition) is 1. The van der Waals surface area contributed by atoms with E-state index in [1.54, 1.807) is 0 Å². The van der Waals surface area contributed by atoms with Crippen LogP contribution in [0.25, 0.3) is 0 Å². The molecule has 8 heteroatoms. The van der Waals surface area contributed by atoms with Crippen LogP contribution in [0.2, 0.25) is 0 Å². The van der Waals surface area contributed by atoms with E-state index in [-0.39, 0.29) is 11.5 Å². The third-order valence-electron chi connectivity index (χ3n) is 4.66.